The number of hydrogen-bond acceptors (Lipinski definition) is 4. The van der Waals surface area contributed by atoms with Gasteiger partial charge < -0.3 is 5.32 Å². The molecule has 0 unspecified atom stereocenters. The first-order chi connectivity index (χ1) is 9.49. The fourth-order valence-corrected chi connectivity index (χ4v) is 1.74. The number of benzene rings is 1. The number of aryl methyl sites for hydroxylation is 1. The second kappa shape index (κ2) is 5.60. The Labute approximate surface area is 113 Å². The van der Waals surface area contributed by atoms with Crippen LogP contribution in [-0.4, -0.2) is 9.91 Å². The van der Waals surface area contributed by atoms with Gasteiger partial charge in [0.25, 0.3) is 5.69 Å². The molecule has 7 heteroatoms. The van der Waals surface area contributed by atoms with Crippen molar-refractivity contribution in [1.82, 2.24) is 4.98 Å². The maximum atomic E-state index is 13.6. The maximum Gasteiger partial charge on any atom is 0.295 e. The fraction of sp³-hybridized carbons (Fsp3) is 0.154. The number of rotatable bonds is 4. The summed E-state index contributed by atoms with van der Waals surface area (Å²) in [6.45, 7) is 1.84. The predicted octanol–water partition coefficient (Wildman–Crippen LogP) is 3.19. The Balaban J connectivity index is 2.29. The Bertz CT molecular complexity index is 662. The van der Waals surface area contributed by atoms with Crippen LogP contribution in [0.5, 0.6) is 0 Å². The van der Waals surface area contributed by atoms with Crippen LogP contribution >= 0.6 is 0 Å². The summed E-state index contributed by atoms with van der Waals surface area (Å²) in [5.41, 5.74) is 0.344. The van der Waals surface area contributed by atoms with E-state index in [-0.39, 0.29) is 6.54 Å². The van der Waals surface area contributed by atoms with Crippen molar-refractivity contribution in [1.29, 1.82) is 0 Å². The van der Waals surface area contributed by atoms with Crippen LogP contribution in [0.1, 0.15) is 11.4 Å². The van der Waals surface area contributed by atoms with Gasteiger partial charge in [-0.3, -0.25) is 15.1 Å². The van der Waals surface area contributed by atoms with Crippen molar-refractivity contribution < 1.29 is 13.7 Å². The zero-order valence-electron chi connectivity index (χ0n) is 10.6. The Morgan fingerprint density at radius 2 is 2.05 bits per heavy atom. The number of nitrogens with zero attached hydrogens (tertiary/aromatic N) is 2. The van der Waals surface area contributed by atoms with Gasteiger partial charge in [-0.25, -0.2) is 8.78 Å². The van der Waals surface area contributed by atoms with Gasteiger partial charge in [0, 0.05) is 11.8 Å². The quantitative estimate of drug-likeness (QED) is 0.689. The van der Waals surface area contributed by atoms with E-state index in [1.54, 1.807) is 25.1 Å². The zero-order valence-corrected chi connectivity index (χ0v) is 10.6. The smallest absolute Gasteiger partial charge is 0.295 e. The van der Waals surface area contributed by atoms with Gasteiger partial charge in [0.15, 0.2) is 17.3 Å². The van der Waals surface area contributed by atoms with Crippen molar-refractivity contribution >= 4 is 11.4 Å². The molecule has 2 rings (SSSR count). The molecule has 1 aromatic carbocycles. The van der Waals surface area contributed by atoms with Crippen LogP contribution in [0.25, 0.3) is 0 Å². The highest BCUT2D eigenvalue weighted by Crippen LogP contribution is 2.29. The van der Waals surface area contributed by atoms with Crippen LogP contribution in [0.4, 0.5) is 20.2 Å². The fourth-order valence-electron chi connectivity index (χ4n) is 1.74. The number of aromatic nitrogens is 1. The first-order valence-corrected chi connectivity index (χ1v) is 5.78. The van der Waals surface area contributed by atoms with E-state index < -0.39 is 27.9 Å². The molecular formula is C13H11F2N3O2. The van der Waals surface area contributed by atoms with E-state index >= 15 is 0 Å². The summed E-state index contributed by atoms with van der Waals surface area (Å²) in [4.78, 5) is 14.2. The van der Waals surface area contributed by atoms with E-state index in [0.717, 1.165) is 17.8 Å². The van der Waals surface area contributed by atoms with Crippen molar-refractivity contribution in [3.63, 3.8) is 0 Å². The lowest BCUT2D eigenvalue weighted by Crippen LogP contribution is -2.07. The number of anilines is 1. The van der Waals surface area contributed by atoms with Crippen LogP contribution in [0, 0.1) is 28.7 Å². The Kier molecular flexibility index (Phi) is 3.88. The summed E-state index contributed by atoms with van der Waals surface area (Å²) in [7, 11) is 0. The first-order valence-electron chi connectivity index (χ1n) is 5.78. The molecule has 1 N–H and O–H groups in total. The number of pyridine rings is 1. The Morgan fingerprint density at radius 1 is 1.30 bits per heavy atom. The van der Waals surface area contributed by atoms with Crippen LogP contribution in [-0.2, 0) is 6.54 Å². The van der Waals surface area contributed by atoms with Crippen LogP contribution in [0.3, 0.4) is 0 Å². The standard InChI is InChI=1S/C13H11F2N3O2/c1-8-3-2-4-9(17-8)7-16-13-11(18(19)20)6-5-10(14)12(13)15/h2-6,16H,7H2,1H3. The highest BCUT2D eigenvalue weighted by molar-refractivity contribution is 5.62. The van der Waals surface area contributed by atoms with Gasteiger partial charge in [0.05, 0.1) is 17.2 Å². The average molecular weight is 279 g/mol. The topological polar surface area (TPSA) is 68.1 Å². The summed E-state index contributed by atoms with van der Waals surface area (Å²) in [6, 6.07) is 6.88. The van der Waals surface area contributed by atoms with E-state index in [0.29, 0.717) is 5.69 Å². The van der Waals surface area contributed by atoms with Crippen molar-refractivity contribution in [2.75, 3.05) is 5.32 Å². The summed E-state index contributed by atoms with van der Waals surface area (Å²) < 4.78 is 26.8. The third-order valence-electron chi connectivity index (χ3n) is 2.66. The van der Waals surface area contributed by atoms with E-state index in [4.69, 9.17) is 0 Å². The molecule has 0 radical (unpaired) electrons. The average Bonchev–Trinajstić information content (AvgIpc) is 2.40. The molecule has 1 aromatic heterocycles. The third-order valence-corrected chi connectivity index (χ3v) is 2.66. The molecule has 2 aromatic rings. The summed E-state index contributed by atoms with van der Waals surface area (Å²) in [5.74, 6) is -2.41. The molecular weight excluding hydrogens is 268 g/mol. The highest BCUT2D eigenvalue weighted by Gasteiger charge is 2.21. The van der Waals surface area contributed by atoms with Gasteiger partial charge in [0.1, 0.15) is 0 Å². The predicted molar refractivity (Wildman–Crippen MR) is 69.3 cm³/mol. The highest BCUT2D eigenvalue weighted by atomic mass is 19.2. The second-order valence-electron chi connectivity index (χ2n) is 4.14. The molecule has 1 heterocycles. The summed E-state index contributed by atoms with van der Waals surface area (Å²) >= 11 is 0. The minimum Gasteiger partial charge on any atom is -0.371 e. The van der Waals surface area contributed by atoms with E-state index in [2.05, 4.69) is 10.3 Å². The van der Waals surface area contributed by atoms with E-state index in [9.17, 15) is 18.9 Å². The molecule has 5 nitrogen and oxygen atoms in total. The Hall–Kier alpha value is -2.57. The van der Waals surface area contributed by atoms with Gasteiger partial charge >= 0.3 is 0 Å². The minimum atomic E-state index is -1.27. The molecule has 0 aliphatic carbocycles. The molecule has 0 aliphatic rings. The molecule has 20 heavy (non-hydrogen) atoms. The molecule has 0 amide bonds. The molecule has 0 spiro atoms. The van der Waals surface area contributed by atoms with Crippen molar-refractivity contribution in [2.24, 2.45) is 0 Å². The summed E-state index contributed by atoms with van der Waals surface area (Å²) in [5, 5.41) is 13.3. The number of halogens is 2. The monoisotopic (exact) mass is 279 g/mol. The molecule has 0 saturated heterocycles. The van der Waals surface area contributed by atoms with Crippen LogP contribution in [0.2, 0.25) is 0 Å². The first kappa shape index (κ1) is 13.9. The largest absolute Gasteiger partial charge is 0.371 e. The minimum absolute atomic E-state index is 0.0584. The van der Waals surface area contributed by atoms with Crippen LogP contribution < -0.4 is 5.32 Å². The molecule has 0 bridgehead atoms. The Morgan fingerprint density at radius 3 is 2.70 bits per heavy atom. The second-order valence-corrected chi connectivity index (χ2v) is 4.14. The normalized spacial score (nSPS) is 10.3. The lowest BCUT2D eigenvalue weighted by molar-refractivity contribution is -0.384. The maximum absolute atomic E-state index is 13.6. The molecule has 0 saturated carbocycles. The van der Waals surface area contributed by atoms with Crippen molar-refractivity contribution in [3.05, 3.63) is 63.5 Å². The molecule has 0 aliphatic heterocycles. The zero-order chi connectivity index (χ0) is 14.7. The molecule has 0 fully saturated rings. The van der Waals surface area contributed by atoms with Crippen molar-refractivity contribution in [3.8, 4) is 0 Å². The molecule has 0 atom stereocenters. The molecule has 104 valence electrons. The van der Waals surface area contributed by atoms with Gasteiger partial charge in [-0.05, 0) is 25.1 Å². The summed E-state index contributed by atoms with van der Waals surface area (Å²) in [6.07, 6.45) is 0. The SMILES string of the molecule is Cc1cccc(CNc2c([N+](=O)[O-])ccc(F)c2F)n1. The lowest BCUT2D eigenvalue weighted by Gasteiger charge is -2.08. The van der Waals surface area contributed by atoms with E-state index in [1.807, 2.05) is 0 Å². The number of nitrogens with one attached hydrogen (secondary N) is 1. The van der Waals surface area contributed by atoms with Crippen molar-refractivity contribution in [2.45, 2.75) is 13.5 Å². The van der Waals surface area contributed by atoms with E-state index in [1.165, 1.54) is 0 Å². The lowest BCUT2D eigenvalue weighted by atomic mass is 10.2. The third kappa shape index (κ3) is 2.87. The van der Waals surface area contributed by atoms with Gasteiger partial charge in [0.2, 0.25) is 0 Å². The van der Waals surface area contributed by atoms with Crippen LogP contribution in [0.15, 0.2) is 30.3 Å². The van der Waals surface area contributed by atoms with Gasteiger partial charge in [-0.15, -0.1) is 0 Å². The van der Waals surface area contributed by atoms with Gasteiger partial charge in [-0.1, -0.05) is 6.07 Å². The number of hydrogen-bond donors (Lipinski definition) is 1. The number of nitro groups is 1. The number of nitro benzene ring substituents is 1. The van der Waals surface area contributed by atoms with Gasteiger partial charge in [-0.2, -0.15) is 0 Å².